The van der Waals surface area contributed by atoms with E-state index in [1.54, 1.807) is 44.4 Å². The molecule has 1 aromatic carbocycles. The summed E-state index contributed by atoms with van der Waals surface area (Å²) < 4.78 is 15.8. The molecule has 0 radical (unpaired) electrons. The number of hydrogen-bond donors (Lipinski definition) is 1. The molecule has 0 aliphatic rings. The molecular weight excluding hydrogens is 272 g/mol. The molecule has 0 saturated carbocycles. The highest BCUT2D eigenvalue weighted by Gasteiger charge is 2.12. The molecule has 0 aliphatic heterocycles. The lowest BCUT2D eigenvalue weighted by Crippen LogP contribution is -2.10. The van der Waals surface area contributed by atoms with E-state index >= 15 is 0 Å². The van der Waals surface area contributed by atoms with Crippen molar-refractivity contribution in [3.05, 3.63) is 47.7 Å². The Balaban J connectivity index is 1.78. The Morgan fingerprint density at radius 2 is 2.14 bits per heavy atom. The zero-order valence-electron chi connectivity index (χ0n) is 11.7. The molecule has 6 nitrogen and oxygen atoms in total. The Hall–Kier alpha value is -2.60. The molecule has 0 aliphatic carbocycles. The molecule has 0 unspecified atom stereocenters. The van der Waals surface area contributed by atoms with Crippen LogP contribution in [0, 0.1) is 6.92 Å². The second-order valence-corrected chi connectivity index (χ2v) is 4.57. The number of furan rings is 1. The van der Waals surface area contributed by atoms with Crippen molar-refractivity contribution in [3.8, 4) is 0 Å². The molecule has 6 heteroatoms. The third-order valence-electron chi connectivity index (χ3n) is 2.93. The Bertz CT molecular complexity index is 788. The lowest BCUT2D eigenvalue weighted by atomic mass is 10.3. The maximum atomic E-state index is 12.1. The van der Waals surface area contributed by atoms with Crippen molar-refractivity contribution in [3.63, 3.8) is 0 Å². The number of benzene rings is 1. The molecule has 0 fully saturated rings. The number of hydrogen-bond acceptors (Lipinski definition) is 5. The summed E-state index contributed by atoms with van der Waals surface area (Å²) in [6.07, 6.45) is 0. The maximum Gasteiger partial charge on any atom is 0.291 e. The fraction of sp³-hybridized carbons (Fsp3) is 0.200. The number of ether oxygens (including phenoxy) is 1. The van der Waals surface area contributed by atoms with Gasteiger partial charge in [0.2, 0.25) is 0 Å². The second kappa shape index (κ2) is 5.41. The third kappa shape index (κ3) is 2.80. The molecule has 0 bridgehead atoms. The van der Waals surface area contributed by atoms with Crippen molar-refractivity contribution in [2.45, 2.75) is 13.5 Å². The van der Waals surface area contributed by atoms with E-state index in [2.05, 4.69) is 10.3 Å². The summed E-state index contributed by atoms with van der Waals surface area (Å²) in [6.45, 7) is 2.11. The molecule has 1 N–H and O–H groups in total. The Kier molecular flexibility index (Phi) is 3.45. The van der Waals surface area contributed by atoms with Gasteiger partial charge in [-0.3, -0.25) is 4.79 Å². The zero-order valence-corrected chi connectivity index (χ0v) is 11.7. The average Bonchev–Trinajstić information content (AvgIpc) is 3.04. The first-order valence-electron chi connectivity index (χ1n) is 6.42. The third-order valence-corrected chi connectivity index (χ3v) is 2.93. The largest absolute Gasteiger partial charge is 0.453 e. The van der Waals surface area contributed by atoms with Gasteiger partial charge in [-0.15, -0.1) is 0 Å². The van der Waals surface area contributed by atoms with Crippen LogP contribution in [0.3, 0.4) is 0 Å². The van der Waals surface area contributed by atoms with E-state index in [-0.39, 0.29) is 11.7 Å². The summed E-state index contributed by atoms with van der Waals surface area (Å²) in [5, 5.41) is 2.75. The summed E-state index contributed by atoms with van der Waals surface area (Å²) in [7, 11) is 1.57. The number of methoxy groups -OCH3 is 1. The fourth-order valence-electron chi connectivity index (χ4n) is 2.03. The van der Waals surface area contributed by atoms with Crippen LogP contribution in [0.1, 0.15) is 22.2 Å². The van der Waals surface area contributed by atoms with Crippen LogP contribution in [0.5, 0.6) is 0 Å². The number of anilines is 1. The molecule has 2 heterocycles. The highest BCUT2D eigenvalue weighted by atomic mass is 16.5. The highest BCUT2D eigenvalue weighted by molar-refractivity contribution is 6.03. The van der Waals surface area contributed by atoms with Crippen LogP contribution in [0.15, 0.2) is 39.2 Å². The number of aromatic nitrogens is 1. The van der Waals surface area contributed by atoms with Gasteiger partial charge in [0, 0.05) is 25.8 Å². The molecule has 1 amide bonds. The lowest BCUT2D eigenvalue weighted by molar-refractivity contribution is 0.0987. The Morgan fingerprint density at radius 3 is 2.95 bits per heavy atom. The minimum atomic E-state index is -0.326. The van der Waals surface area contributed by atoms with E-state index in [0.29, 0.717) is 29.5 Å². The maximum absolute atomic E-state index is 12.1. The summed E-state index contributed by atoms with van der Waals surface area (Å²) in [4.78, 5) is 16.3. The summed E-state index contributed by atoms with van der Waals surface area (Å²) >= 11 is 0. The smallest absolute Gasteiger partial charge is 0.291 e. The van der Waals surface area contributed by atoms with Gasteiger partial charge in [0.15, 0.2) is 17.2 Å². The van der Waals surface area contributed by atoms with Crippen LogP contribution >= 0.6 is 0 Å². The Morgan fingerprint density at radius 1 is 1.29 bits per heavy atom. The predicted octanol–water partition coefficient (Wildman–Crippen LogP) is 3.13. The number of rotatable bonds is 4. The number of nitrogens with one attached hydrogen (secondary N) is 1. The molecule has 0 saturated heterocycles. The van der Waals surface area contributed by atoms with E-state index in [9.17, 15) is 4.79 Å². The van der Waals surface area contributed by atoms with Gasteiger partial charge in [0.1, 0.15) is 17.9 Å². The number of oxazole rings is 1. The first kappa shape index (κ1) is 13.4. The number of aryl methyl sites for hydroxylation is 1. The minimum absolute atomic E-state index is 0.232. The van der Waals surface area contributed by atoms with Crippen LogP contribution in [0.2, 0.25) is 0 Å². The number of nitrogens with zero attached hydrogens (tertiary/aromatic N) is 1. The zero-order chi connectivity index (χ0) is 14.8. The first-order chi connectivity index (χ1) is 10.2. The van der Waals surface area contributed by atoms with Crippen molar-refractivity contribution in [1.29, 1.82) is 0 Å². The van der Waals surface area contributed by atoms with Crippen LogP contribution in [-0.4, -0.2) is 18.0 Å². The van der Waals surface area contributed by atoms with E-state index < -0.39 is 0 Å². The summed E-state index contributed by atoms with van der Waals surface area (Å²) in [6, 6.07) is 8.61. The van der Waals surface area contributed by atoms with Gasteiger partial charge in [-0.1, -0.05) is 0 Å². The van der Waals surface area contributed by atoms with E-state index in [1.165, 1.54) is 0 Å². The second-order valence-electron chi connectivity index (χ2n) is 4.57. The topological polar surface area (TPSA) is 77.5 Å². The van der Waals surface area contributed by atoms with Gasteiger partial charge in [-0.05, 0) is 24.3 Å². The van der Waals surface area contributed by atoms with Gasteiger partial charge in [-0.2, -0.15) is 0 Å². The number of fused-ring (bicyclic) bond motifs is 1. The van der Waals surface area contributed by atoms with Gasteiger partial charge >= 0.3 is 0 Å². The average molecular weight is 286 g/mol. The van der Waals surface area contributed by atoms with Gasteiger partial charge in [-0.25, -0.2) is 4.98 Å². The van der Waals surface area contributed by atoms with Gasteiger partial charge in [0.25, 0.3) is 5.91 Å². The van der Waals surface area contributed by atoms with Crippen molar-refractivity contribution in [1.82, 2.24) is 4.98 Å². The van der Waals surface area contributed by atoms with E-state index in [4.69, 9.17) is 13.6 Å². The normalized spacial score (nSPS) is 11.0. The van der Waals surface area contributed by atoms with E-state index in [0.717, 1.165) is 5.52 Å². The molecule has 0 spiro atoms. The molecule has 108 valence electrons. The van der Waals surface area contributed by atoms with E-state index in [1.807, 2.05) is 0 Å². The minimum Gasteiger partial charge on any atom is -0.453 e. The number of carbonyl (C=O) groups excluding carboxylic acids is 1. The van der Waals surface area contributed by atoms with Crippen LogP contribution in [0.4, 0.5) is 5.69 Å². The summed E-state index contributed by atoms with van der Waals surface area (Å²) in [5.41, 5.74) is 2.00. The quantitative estimate of drug-likeness (QED) is 0.797. The van der Waals surface area contributed by atoms with Crippen molar-refractivity contribution < 1.29 is 18.4 Å². The SMILES string of the molecule is COCc1ccc(C(=O)Nc2ccc3nc(C)oc3c2)o1. The van der Waals surface area contributed by atoms with Gasteiger partial charge in [0.05, 0.1) is 0 Å². The van der Waals surface area contributed by atoms with Crippen LogP contribution in [-0.2, 0) is 11.3 Å². The standard InChI is InChI=1S/C15H14N2O4/c1-9-16-12-5-3-10(7-14(12)20-9)17-15(18)13-6-4-11(21-13)8-19-2/h3-7H,8H2,1-2H3,(H,17,18). The fourth-order valence-corrected chi connectivity index (χ4v) is 2.03. The number of amides is 1. The van der Waals surface area contributed by atoms with Crippen molar-refractivity contribution >= 4 is 22.7 Å². The summed E-state index contributed by atoms with van der Waals surface area (Å²) in [5.74, 6) is 1.09. The van der Waals surface area contributed by atoms with Crippen molar-refractivity contribution in [2.24, 2.45) is 0 Å². The van der Waals surface area contributed by atoms with Crippen LogP contribution in [0.25, 0.3) is 11.1 Å². The van der Waals surface area contributed by atoms with Crippen molar-refractivity contribution in [2.75, 3.05) is 12.4 Å². The first-order valence-corrected chi connectivity index (χ1v) is 6.42. The molecular formula is C15H14N2O4. The highest BCUT2D eigenvalue weighted by Crippen LogP contribution is 2.20. The van der Waals surface area contributed by atoms with Gasteiger partial charge < -0.3 is 18.9 Å². The lowest BCUT2D eigenvalue weighted by Gasteiger charge is -2.02. The Labute approximate surface area is 120 Å². The monoisotopic (exact) mass is 286 g/mol. The van der Waals surface area contributed by atoms with Crippen LogP contribution < -0.4 is 5.32 Å². The predicted molar refractivity (Wildman–Crippen MR) is 76.1 cm³/mol. The molecule has 3 rings (SSSR count). The molecule has 2 aromatic heterocycles. The molecule has 0 atom stereocenters. The molecule has 21 heavy (non-hydrogen) atoms. The molecule has 3 aromatic rings. The number of carbonyl (C=O) groups is 1.